The molecule has 1 aliphatic heterocycles. The number of pyridine rings is 1. The molecule has 3 aromatic rings. The Morgan fingerprint density at radius 3 is 2.47 bits per heavy atom. The molecule has 1 aromatic carbocycles. The van der Waals surface area contributed by atoms with Crippen molar-refractivity contribution in [2.75, 3.05) is 33.3 Å². The number of hydrogen-bond donors (Lipinski definition) is 0. The Morgan fingerprint density at radius 1 is 1.06 bits per heavy atom. The van der Waals surface area contributed by atoms with E-state index in [-0.39, 0.29) is 11.5 Å². The summed E-state index contributed by atoms with van der Waals surface area (Å²) < 4.78 is 6.47. The van der Waals surface area contributed by atoms with Crippen LogP contribution in [0.4, 0.5) is 0 Å². The molecule has 3 heterocycles. The Hall–Kier alpha value is -3.52. The fourth-order valence-corrected chi connectivity index (χ4v) is 3.86. The van der Waals surface area contributed by atoms with Gasteiger partial charge < -0.3 is 9.64 Å². The van der Waals surface area contributed by atoms with E-state index in [0.29, 0.717) is 18.8 Å². The number of amides is 1. The number of rotatable bonds is 6. The average Bonchev–Trinajstić information content (AvgIpc) is 2.85. The summed E-state index contributed by atoms with van der Waals surface area (Å²) in [7, 11) is 1.61. The van der Waals surface area contributed by atoms with E-state index in [4.69, 9.17) is 4.74 Å². The van der Waals surface area contributed by atoms with Crippen molar-refractivity contribution >= 4 is 5.91 Å². The molecule has 8 nitrogen and oxygen atoms in total. The molecule has 32 heavy (non-hydrogen) atoms. The third-order valence-electron chi connectivity index (χ3n) is 5.75. The molecule has 0 saturated carbocycles. The van der Waals surface area contributed by atoms with Crippen molar-refractivity contribution in [3.05, 3.63) is 76.8 Å². The summed E-state index contributed by atoms with van der Waals surface area (Å²) in [5.41, 5.74) is 2.35. The lowest BCUT2D eigenvalue weighted by atomic mass is 10.1. The second-order valence-electron chi connectivity index (χ2n) is 7.87. The van der Waals surface area contributed by atoms with E-state index >= 15 is 0 Å². The van der Waals surface area contributed by atoms with Gasteiger partial charge in [0.05, 0.1) is 12.8 Å². The van der Waals surface area contributed by atoms with Gasteiger partial charge in [-0.1, -0.05) is 6.07 Å². The van der Waals surface area contributed by atoms with Gasteiger partial charge in [-0.25, -0.2) is 4.68 Å². The standard InChI is InChI=1S/C24H27N5O3/c1-18(24(31)28-14-12-27(13-15-28)17-19-4-3-11-25-16-19)29-23(30)10-9-22(26-29)20-5-7-21(32-2)8-6-20/h3-11,16,18H,12-15,17H2,1-2H3. The van der Waals surface area contributed by atoms with Crippen molar-refractivity contribution in [2.45, 2.75) is 19.5 Å². The number of piperazine rings is 1. The molecule has 2 aromatic heterocycles. The molecule has 0 bridgehead atoms. The highest BCUT2D eigenvalue weighted by Crippen LogP contribution is 2.20. The summed E-state index contributed by atoms with van der Waals surface area (Å²) in [6.45, 7) is 5.35. The lowest BCUT2D eigenvalue weighted by molar-refractivity contribution is -0.136. The maximum absolute atomic E-state index is 13.1. The van der Waals surface area contributed by atoms with Crippen molar-refractivity contribution < 1.29 is 9.53 Å². The van der Waals surface area contributed by atoms with Crippen LogP contribution in [0.2, 0.25) is 0 Å². The first-order valence-electron chi connectivity index (χ1n) is 10.7. The largest absolute Gasteiger partial charge is 0.497 e. The molecular formula is C24H27N5O3. The predicted molar refractivity (Wildman–Crippen MR) is 121 cm³/mol. The Morgan fingerprint density at radius 2 is 1.81 bits per heavy atom. The van der Waals surface area contributed by atoms with Gasteiger partial charge in [-0.3, -0.25) is 19.5 Å². The zero-order chi connectivity index (χ0) is 22.5. The lowest BCUT2D eigenvalue weighted by Crippen LogP contribution is -2.50. The van der Waals surface area contributed by atoms with Crippen LogP contribution in [0.25, 0.3) is 11.3 Å². The van der Waals surface area contributed by atoms with Gasteiger partial charge in [0.1, 0.15) is 11.8 Å². The van der Waals surface area contributed by atoms with Crippen molar-refractivity contribution in [3.8, 4) is 17.0 Å². The third-order valence-corrected chi connectivity index (χ3v) is 5.75. The number of aromatic nitrogens is 3. The van der Waals surface area contributed by atoms with E-state index in [0.717, 1.165) is 36.5 Å². The van der Waals surface area contributed by atoms with Crippen LogP contribution >= 0.6 is 0 Å². The third kappa shape index (κ3) is 4.86. The Bertz CT molecular complexity index is 1110. The number of ether oxygens (including phenoxy) is 1. The number of methoxy groups -OCH3 is 1. The number of carbonyl (C=O) groups is 1. The fourth-order valence-electron chi connectivity index (χ4n) is 3.86. The van der Waals surface area contributed by atoms with Crippen LogP contribution < -0.4 is 10.3 Å². The lowest BCUT2D eigenvalue weighted by Gasteiger charge is -2.36. The zero-order valence-electron chi connectivity index (χ0n) is 18.3. The average molecular weight is 434 g/mol. The summed E-state index contributed by atoms with van der Waals surface area (Å²) in [6, 6.07) is 13.9. The minimum absolute atomic E-state index is 0.0903. The molecular weight excluding hydrogens is 406 g/mol. The van der Waals surface area contributed by atoms with Crippen LogP contribution in [-0.4, -0.2) is 63.8 Å². The maximum Gasteiger partial charge on any atom is 0.267 e. The number of nitrogens with zero attached hydrogens (tertiary/aromatic N) is 5. The highest BCUT2D eigenvalue weighted by atomic mass is 16.5. The normalized spacial score (nSPS) is 15.4. The number of hydrogen-bond acceptors (Lipinski definition) is 6. The first-order chi connectivity index (χ1) is 15.5. The van der Waals surface area contributed by atoms with E-state index in [2.05, 4.69) is 21.0 Å². The van der Waals surface area contributed by atoms with Gasteiger partial charge in [0, 0.05) is 56.7 Å². The number of carbonyl (C=O) groups excluding carboxylic acids is 1. The molecule has 1 fully saturated rings. The Balaban J connectivity index is 1.43. The fraction of sp³-hybridized carbons (Fsp3) is 0.333. The van der Waals surface area contributed by atoms with Crippen LogP contribution in [0.15, 0.2) is 65.7 Å². The van der Waals surface area contributed by atoms with Crippen molar-refractivity contribution in [3.63, 3.8) is 0 Å². The second-order valence-corrected chi connectivity index (χ2v) is 7.87. The molecule has 1 amide bonds. The molecule has 1 aliphatic rings. The summed E-state index contributed by atoms with van der Waals surface area (Å²) in [5.74, 6) is 0.654. The molecule has 1 unspecified atom stereocenters. The van der Waals surface area contributed by atoms with Crippen molar-refractivity contribution in [2.24, 2.45) is 0 Å². The Labute approximate surface area is 187 Å². The summed E-state index contributed by atoms with van der Waals surface area (Å²) in [6.07, 6.45) is 3.63. The number of benzene rings is 1. The van der Waals surface area contributed by atoms with Gasteiger partial charge in [0.2, 0.25) is 5.91 Å². The zero-order valence-corrected chi connectivity index (χ0v) is 18.3. The minimum Gasteiger partial charge on any atom is -0.497 e. The van der Waals surface area contributed by atoms with Gasteiger partial charge in [-0.2, -0.15) is 5.10 Å². The first kappa shape index (κ1) is 21.7. The molecule has 8 heteroatoms. The highest BCUT2D eigenvalue weighted by molar-refractivity contribution is 5.80. The summed E-state index contributed by atoms with van der Waals surface area (Å²) in [5, 5.41) is 4.48. The minimum atomic E-state index is -0.675. The smallest absolute Gasteiger partial charge is 0.267 e. The molecule has 1 atom stereocenters. The van der Waals surface area contributed by atoms with Gasteiger partial charge in [-0.05, 0) is 48.9 Å². The van der Waals surface area contributed by atoms with E-state index in [1.165, 1.54) is 10.7 Å². The van der Waals surface area contributed by atoms with Crippen molar-refractivity contribution in [1.82, 2.24) is 24.6 Å². The van der Waals surface area contributed by atoms with Crippen LogP contribution in [0, 0.1) is 0 Å². The summed E-state index contributed by atoms with van der Waals surface area (Å²) in [4.78, 5) is 33.9. The van der Waals surface area contributed by atoms with Gasteiger partial charge in [0.25, 0.3) is 5.56 Å². The van der Waals surface area contributed by atoms with E-state index < -0.39 is 6.04 Å². The molecule has 166 valence electrons. The van der Waals surface area contributed by atoms with Gasteiger partial charge in [-0.15, -0.1) is 0 Å². The monoisotopic (exact) mass is 433 g/mol. The van der Waals surface area contributed by atoms with Crippen LogP contribution in [0.3, 0.4) is 0 Å². The van der Waals surface area contributed by atoms with Crippen molar-refractivity contribution in [1.29, 1.82) is 0 Å². The maximum atomic E-state index is 13.1. The topological polar surface area (TPSA) is 80.6 Å². The second kappa shape index (κ2) is 9.74. The van der Waals surface area contributed by atoms with Crippen LogP contribution in [0.1, 0.15) is 18.5 Å². The van der Waals surface area contributed by atoms with E-state index in [9.17, 15) is 9.59 Å². The quantitative estimate of drug-likeness (QED) is 0.593. The highest BCUT2D eigenvalue weighted by Gasteiger charge is 2.27. The molecule has 0 spiro atoms. The molecule has 4 rings (SSSR count). The van der Waals surface area contributed by atoms with E-state index in [1.807, 2.05) is 41.4 Å². The van der Waals surface area contributed by atoms with Gasteiger partial charge in [0.15, 0.2) is 0 Å². The molecule has 0 aliphatic carbocycles. The molecule has 0 radical (unpaired) electrons. The van der Waals surface area contributed by atoms with Crippen LogP contribution in [0.5, 0.6) is 5.75 Å². The SMILES string of the molecule is COc1ccc(-c2ccc(=O)n(C(C)C(=O)N3CCN(Cc4cccnc4)CC3)n2)cc1. The first-order valence-corrected chi connectivity index (χ1v) is 10.7. The predicted octanol–water partition coefficient (Wildman–Crippen LogP) is 2.22. The summed E-state index contributed by atoms with van der Waals surface area (Å²) >= 11 is 0. The Kier molecular flexibility index (Phi) is 6.61. The molecule has 1 saturated heterocycles. The van der Waals surface area contributed by atoms with E-state index in [1.54, 1.807) is 26.3 Å². The van der Waals surface area contributed by atoms with Gasteiger partial charge >= 0.3 is 0 Å². The molecule has 0 N–H and O–H groups in total. The van der Waals surface area contributed by atoms with Crippen LogP contribution in [-0.2, 0) is 11.3 Å².